The van der Waals surface area contributed by atoms with Crippen molar-refractivity contribution in [1.29, 1.82) is 0 Å². The molecule has 116 valence electrons. The second-order valence-electron chi connectivity index (χ2n) is 5.92. The predicted molar refractivity (Wildman–Crippen MR) is 79.7 cm³/mol. The fourth-order valence-electron chi connectivity index (χ4n) is 3.30. The fourth-order valence-corrected chi connectivity index (χ4v) is 3.30. The van der Waals surface area contributed by atoms with Crippen LogP contribution in [-0.4, -0.2) is 74.7 Å². The van der Waals surface area contributed by atoms with E-state index in [1.165, 1.54) is 0 Å². The van der Waals surface area contributed by atoms with E-state index >= 15 is 0 Å². The zero-order chi connectivity index (χ0) is 14.4. The molecule has 20 heavy (non-hydrogen) atoms. The highest BCUT2D eigenvalue weighted by molar-refractivity contribution is 5.79. The van der Waals surface area contributed by atoms with E-state index < -0.39 is 0 Å². The quantitative estimate of drug-likeness (QED) is 0.800. The van der Waals surface area contributed by atoms with Crippen LogP contribution in [0.2, 0.25) is 0 Å². The molecule has 0 aromatic heterocycles. The first-order chi connectivity index (χ1) is 9.76. The van der Waals surface area contributed by atoms with Gasteiger partial charge in [-0.3, -0.25) is 9.69 Å². The van der Waals surface area contributed by atoms with Gasteiger partial charge in [-0.1, -0.05) is 6.92 Å². The topological polar surface area (TPSA) is 44.8 Å². The van der Waals surface area contributed by atoms with Gasteiger partial charge in [0.15, 0.2) is 0 Å². The van der Waals surface area contributed by atoms with E-state index in [1.807, 2.05) is 0 Å². The Hall–Kier alpha value is -0.650. The van der Waals surface area contributed by atoms with Crippen molar-refractivity contribution in [3.05, 3.63) is 0 Å². The van der Waals surface area contributed by atoms with Crippen molar-refractivity contribution in [2.45, 2.75) is 32.2 Å². The van der Waals surface area contributed by atoms with E-state index in [0.29, 0.717) is 11.9 Å². The molecular formula is C15H29N3O2. The molecule has 2 atom stereocenters. The Morgan fingerprint density at radius 1 is 1.40 bits per heavy atom. The van der Waals surface area contributed by atoms with Crippen LogP contribution < -0.4 is 5.32 Å². The Morgan fingerprint density at radius 2 is 2.25 bits per heavy atom. The van der Waals surface area contributed by atoms with Crippen LogP contribution >= 0.6 is 0 Å². The molecule has 5 nitrogen and oxygen atoms in total. The van der Waals surface area contributed by atoms with Gasteiger partial charge in [-0.05, 0) is 25.8 Å². The molecule has 2 aliphatic heterocycles. The third kappa shape index (κ3) is 3.93. The van der Waals surface area contributed by atoms with E-state index in [4.69, 9.17) is 4.74 Å². The molecule has 2 aliphatic rings. The molecule has 2 fully saturated rings. The van der Waals surface area contributed by atoms with Crippen molar-refractivity contribution in [2.24, 2.45) is 5.92 Å². The van der Waals surface area contributed by atoms with Gasteiger partial charge in [-0.2, -0.15) is 0 Å². The maximum atomic E-state index is 12.6. The highest BCUT2D eigenvalue weighted by Gasteiger charge is 2.32. The number of methoxy groups -OCH3 is 1. The molecule has 0 aromatic rings. The summed E-state index contributed by atoms with van der Waals surface area (Å²) in [5.41, 5.74) is 0. The Morgan fingerprint density at radius 3 is 2.90 bits per heavy atom. The molecule has 2 saturated heterocycles. The zero-order valence-electron chi connectivity index (χ0n) is 12.9. The number of piperazine rings is 1. The summed E-state index contributed by atoms with van der Waals surface area (Å²) < 4.78 is 5.18. The number of carbonyl (C=O) groups excluding carboxylic acids is 1. The summed E-state index contributed by atoms with van der Waals surface area (Å²) >= 11 is 0. The van der Waals surface area contributed by atoms with Crippen molar-refractivity contribution in [3.8, 4) is 0 Å². The normalized spacial score (nSPS) is 28.6. The lowest BCUT2D eigenvalue weighted by molar-refractivity contribution is -0.139. The van der Waals surface area contributed by atoms with Gasteiger partial charge >= 0.3 is 0 Å². The Balaban J connectivity index is 1.86. The van der Waals surface area contributed by atoms with Crippen LogP contribution in [0.1, 0.15) is 26.2 Å². The van der Waals surface area contributed by atoms with Gasteiger partial charge < -0.3 is 15.0 Å². The van der Waals surface area contributed by atoms with E-state index in [0.717, 1.165) is 65.1 Å². The van der Waals surface area contributed by atoms with Crippen LogP contribution in [0.15, 0.2) is 0 Å². The highest BCUT2D eigenvalue weighted by atomic mass is 16.5. The molecule has 0 aliphatic carbocycles. The molecule has 0 bridgehead atoms. The summed E-state index contributed by atoms with van der Waals surface area (Å²) in [5.74, 6) is 0.564. The number of nitrogens with one attached hydrogen (secondary N) is 1. The molecule has 5 heteroatoms. The average molecular weight is 283 g/mol. The molecule has 0 radical (unpaired) electrons. The van der Waals surface area contributed by atoms with E-state index in [-0.39, 0.29) is 5.92 Å². The third-order valence-electron chi connectivity index (χ3n) is 4.62. The van der Waals surface area contributed by atoms with Crippen LogP contribution in [-0.2, 0) is 9.53 Å². The maximum absolute atomic E-state index is 12.6. The van der Waals surface area contributed by atoms with Crippen LogP contribution in [0.25, 0.3) is 0 Å². The van der Waals surface area contributed by atoms with Crippen LogP contribution in [0.5, 0.6) is 0 Å². The molecule has 1 N–H and O–H groups in total. The maximum Gasteiger partial charge on any atom is 0.227 e. The molecular weight excluding hydrogens is 254 g/mol. The smallest absolute Gasteiger partial charge is 0.227 e. The van der Waals surface area contributed by atoms with Crippen LogP contribution in [0.4, 0.5) is 0 Å². The fraction of sp³-hybridized carbons (Fsp3) is 0.933. The number of ether oxygens (including phenoxy) is 1. The predicted octanol–water partition coefficient (Wildman–Crippen LogP) is 0.555. The average Bonchev–Trinajstić information content (AvgIpc) is 2.52. The number of hydrogen-bond acceptors (Lipinski definition) is 4. The summed E-state index contributed by atoms with van der Waals surface area (Å²) in [7, 11) is 1.75. The van der Waals surface area contributed by atoms with E-state index in [9.17, 15) is 4.79 Å². The summed E-state index contributed by atoms with van der Waals surface area (Å²) in [6.07, 6.45) is 3.27. The number of rotatable bonds is 5. The monoisotopic (exact) mass is 283 g/mol. The van der Waals surface area contributed by atoms with Crippen molar-refractivity contribution >= 4 is 5.91 Å². The molecule has 2 heterocycles. The van der Waals surface area contributed by atoms with Crippen LogP contribution in [0.3, 0.4) is 0 Å². The van der Waals surface area contributed by atoms with Gasteiger partial charge in [-0.25, -0.2) is 0 Å². The lowest BCUT2D eigenvalue weighted by atomic mass is 9.97. The molecule has 2 rings (SSSR count). The van der Waals surface area contributed by atoms with Gasteiger partial charge in [-0.15, -0.1) is 0 Å². The number of carbonyl (C=O) groups is 1. The minimum absolute atomic E-state index is 0.201. The first-order valence-corrected chi connectivity index (χ1v) is 7.98. The molecule has 2 unspecified atom stereocenters. The minimum atomic E-state index is 0.201. The van der Waals surface area contributed by atoms with E-state index in [2.05, 4.69) is 22.0 Å². The number of nitrogens with zero attached hydrogens (tertiary/aromatic N) is 2. The van der Waals surface area contributed by atoms with Crippen molar-refractivity contribution < 1.29 is 9.53 Å². The summed E-state index contributed by atoms with van der Waals surface area (Å²) in [4.78, 5) is 17.1. The Labute approximate surface area is 122 Å². The first kappa shape index (κ1) is 15.7. The molecule has 0 spiro atoms. The van der Waals surface area contributed by atoms with Gasteiger partial charge in [0.25, 0.3) is 0 Å². The highest BCUT2D eigenvalue weighted by Crippen LogP contribution is 2.18. The van der Waals surface area contributed by atoms with Crippen LogP contribution in [0, 0.1) is 5.92 Å². The SMILES string of the molecule is CCC1CN(C(=O)C2CCCNC2)CCN1CCOC. The minimum Gasteiger partial charge on any atom is -0.383 e. The summed E-state index contributed by atoms with van der Waals surface area (Å²) in [6.45, 7) is 8.62. The summed E-state index contributed by atoms with van der Waals surface area (Å²) in [6, 6.07) is 0.486. The largest absolute Gasteiger partial charge is 0.383 e. The van der Waals surface area contributed by atoms with Crippen molar-refractivity contribution in [3.63, 3.8) is 0 Å². The lowest BCUT2D eigenvalue weighted by Crippen LogP contribution is -2.57. The lowest BCUT2D eigenvalue weighted by Gasteiger charge is -2.42. The molecule has 0 saturated carbocycles. The first-order valence-electron chi connectivity index (χ1n) is 7.98. The van der Waals surface area contributed by atoms with Gasteiger partial charge in [0, 0.05) is 45.9 Å². The number of hydrogen-bond donors (Lipinski definition) is 1. The Bertz CT molecular complexity index is 305. The van der Waals surface area contributed by atoms with Crippen molar-refractivity contribution in [2.75, 3.05) is 53.0 Å². The number of amides is 1. The van der Waals surface area contributed by atoms with Gasteiger partial charge in [0.2, 0.25) is 5.91 Å². The second kappa shape index (κ2) is 7.96. The standard InChI is InChI=1S/C15H29N3O2/c1-3-14-12-18(8-7-17(14)9-10-20-2)15(19)13-5-4-6-16-11-13/h13-14,16H,3-12H2,1-2H3. The van der Waals surface area contributed by atoms with Crippen molar-refractivity contribution in [1.82, 2.24) is 15.1 Å². The Kier molecular flexibility index (Phi) is 6.26. The second-order valence-corrected chi connectivity index (χ2v) is 5.92. The summed E-state index contributed by atoms with van der Waals surface area (Å²) in [5, 5.41) is 3.34. The van der Waals surface area contributed by atoms with Gasteiger partial charge in [0.05, 0.1) is 12.5 Å². The zero-order valence-corrected chi connectivity index (χ0v) is 12.9. The molecule has 0 aromatic carbocycles. The van der Waals surface area contributed by atoms with Gasteiger partial charge in [0.1, 0.15) is 0 Å². The third-order valence-corrected chi connectivity index (χ3v) is 4.62. The number of piperidine rings is 1. The van der Waals surface area contributed by atoms with E-state index in [1.54, 1.807) is 7.11 Å². The molecule has 1 amide bonds.